The predicted molar refractivity (Wildman–Crippen MR) is 95.3 cm³/mol. The summed E-state index contributed by atoms with van der Waals surface area (Å²) in [6.45, 7) is 3.79. The Labute approximate surface area is 144 Å². The van der Waals surface area contributed by atoms with Gasteiger partial charge in [-0.25, -0.2) is 9.97 Å². The molecule has 3 heterocycles. The van der Waals surface area contributed by atoms with Crippen molar-refractivity contribution in [2.24, 2.45) is 0 Å². The molecule has 0 atom stereocenters. The number of hydrogen-bond donors (Lipinski definition) is 0. The SMILES string of the molecule is Cc1nc(SCC(=O)N2CCCC2)c2c3c(sc2n1)CCCC3. The molecule has 1 aliphatic heterocycles. The lowest BCUT2D eigenvalue weighted by Gasteiger charge is -2.15. The van der Waals surface area contributed by atoms with Gasteiger partial charge in [-0.3, -0.25) is 4.79 Å². The summed E-state index contributed by atoms with van der Waals surface area (Å²) in [6.07, 6.45) is 7.13. The van der Waals surface area contributed by atoms with E-state index in [1.54, 1.807) is 11.8 Å². The lowest BCUT2D eigenvalue weighted by Crippen LogP contribution is -2.29. The van der Waals surface area contributed by atoms with E-state index >= 15 is 0 Å². The molecule has 1 fully saturated rings. The zero-order chi connectivity index (χ0) is 15.8. The molecule has 1 saturated heterocycles. The Bertz CT molecular complexity index is 750. The molecule has 0 aromatic carbocycles. The summed E-state index contributed by atoms with van der Waals surface area (Å²) in [6, 6.07) is 0. The van der Waals surface area contributed by atoms with Gasteiger partial charge in [0.1, 0.15) is 15.7 Å². The Morgan fingerprint density at radius 1 is 1.17 bits per heavy atom. The molecule has 23 heavy (non-hydrogen) atoms. The number of aromatic nitrogens is 2. The predicted octanol–water partition coefficient (Wildman–Crippen LogP) is 3.59. The van der Waals surface area contributed by atoms with Crippen LogP contribution in [0.5, 0.6) is 0 Å². The van der Waals surface area contributed by atoms with E-state index in [1.807, 2.05) is 23.2 Å². The van der Waals surface area contributed by atoms with Gasteiger partial charge in [-0.15, -0.1) is 11.3 Å². The van der Waals surface area contributed by atoms with Crippen LogP contribution in [-0.4, -0.2) is 39.6 Å². The molecule has 0 spiro atoms. The number of likely N-dealkylation sites (tertiary alicyclic amines) is 1. The molecule has 2 aromatic rings. The number of thioether (sulfide) groups is 1. The third kappa shape index (κ3) is 2.98. The number of aryl methyl sites for hydroxylation is 3. The Morgan fingerprint density at radius 3 is 2.78 bits per heavy atom. The van der Waals surface area contributed by atoms with Crippen LogP contribution < -0.4 is 0 Å². The zero-order valence-electron chi connectivity index (χ0n) is 13.4. The van der Waals surface area contributed by atoms with Crippen LogP contribution in [0.3, 0.4) is 0 Å². The van der Waals surface area contributed by atoms with E-state index in [9.17, 15) is 4.79 Å². The average molecular weight is 348 g/mol. The topological polar surface area (TPSA) is 46.1 Å². The minimum absolute atomic E-state index is 0.251. The molecule has 0 N–H and O–H groups in total. The third-order valence-electron chi connectivity index (χ3n) is 4.68. The van der Waals surface area contributed by atoms with Gasteiger partial charge in [-0.05, 0) is 51.0 Å². The summed E-state index contributed by atoms with van der Waals surface area (Å²) in [5, 5.41) is 2.24. The maximum Gasteiger partial charge on any atom is 0.232 e. The summed E-state index contributed by atoms with van der Waals surface area (Å²) in [7, 11) is 0. The van der Waals surface area contributed by atoms with Crippen molar-refractivity contribution in [3.63, 3.8) is 0 Å². The van der Waals surface area contributed by atoms with Crippen LogP contribution in [0.4, 0.5) is 0 Å². The van der Waals surface area contributed by atoms with Gasteiger partial charge >= 0.3 is 0 Å². The van der Waals surface area contributed by atoms with E-state index in [-0.39, 0.29) is 5.91 Å². The number of rotatable bonds is 3. The van der Waals surface area contributed by atoms with Crippen molar-refractivity contribution in [1.82, 2.24) is 14.9 Å². The minimum atomic E-state index is 0.251. The Hall–Kier alpha value is -1.14. The van der Waals surface area contributed by atoms with E-state index < -0.39 is 0 Å². The highest BCUT2D eigenvalue weighted by Gasteiger charge is 2.23. The van der Waals surface area contributed by atoms with Crippen molar-refractivity contribution < 1.29 is 4.79 Å². The molecular formula is C17H21N3OS2. The number of carbonyl (C=O) groups is 1. The normalized spacial score (nSPS) is 17.7. The lowest BCUT2D eigenvalue weighted by atomic mass is 9.97. The van der Waals surface area contributed by atoms with Crippen LogP contribution in [0, 0.1) is 6.92 Å². The van der Waals surface area contributed by atoms with Gasteiger partial charge in [-0.2, -0.15) is 0 Å². The van der Waals surface area contributed by atoms with Crippen LogP contribution in [0.2, 0.25) is 0 Å². The van der Waals surface area contributed by atoms with E-state index in [0.717, 1.165) is 48.0 Å². The van der Waals surface area contributed by atoms with Crippen molar-refractivity contribution >= 4 is 39.2 Å². The molecule has 1 aliphatic carbocycles. The molecule has 1 amide bonds. The number of carbonyl (C=O) groups excluding carboxylic acids is 1. The molecule has 2 aliphatic rings. The maximum atomic E-state index is 12.3. The van der Waals surface area contributed by atoms with Gasteiger partial charge in [0.05, 0.1) is 5.75 Å². The van der Waals surface area contributed by atoms with Crippen LogP contribution in [0.1, 0.15) is 41.9 Å². The van der Waals surface area contributed by atoms with Gasteiger partial charge in [0.2, 0.25) is 5.91 Å². The minimum Gasteiger partial charge on any atom is -0.342 e. The summed E-state index contributed by atoms with van der Waals surface area (Å²) in [5.74, 6) is 1.56. The first-order chi connectivity index (χ1) is 11.2. The van der Waals surface area contributed by atoms with E-state index in [0.29, 0.717) is 5.75 Å². The highest BCUT2D eigenvalue weighted by Crippen LogP contribution is 2.39. The third-order valence-corrected chi connectivity index (χ3v) is 6.83. The van der Waals surface area contributed by atoms with E-state index in [1.165, 1.54) is 35.1 Å². The smallest absolute Gasteiger partial charge is 0.232 e. The second kappa shape index (κ2) is 6.40. The first kappa shape index (κ1) is 15.4. The summed E-state index contributed by atoms with van der Waals surface area (Å²) >= 11 is 3.43. The first-order valence-corrected chi connectivity index (χ1v) is 10.2. The Kier molecular flexibility index (Phi) is 4.28. The fraction of sp³-hybridized carbons (Fsp3) is 0.588. The average Bonchev–Trinajstić information content (AvgIpc) is 3.19. The number of nitrogens with zero attached hydrogens (tertiary/aromatic N) is 3. The summed E-state index contributed by atoms with van der Waals surface area (Å²) in [4.78, 5) is 26.2. The second-order valence-electron chi connectivity index (χ2n) is 6.34. The molecular weight excluding hydrogens is 326 g/mol. The lowest BCUT2D eigenvalue weighted by molar-refractivity contribution is -0.127. The largest absolute Gasteiger partial charge is 0.342 e. The highest BCUT2D eigenvalue weighted by atomic mass is 32.2. The molecule has 4 rings (SSSR count). The maximum absolute atomic E-state index is 12.3. The molecule has 0 bridgehead atoms. The first-order valence-electron chi connectivity index (χ1n) is 8.42. The molecule has 0 saturated carbocycles. The Morgan fingerprint density at radius 2 is 1.96 bits per heavy atom. The quantitative estimate of drug-likeness (QED) is 0.629. The summed E-state index contributed by atoms with van der Waals surface area (Å²) in [5.41, 5.74) is 1.45. The van der Waals surface area contributed by atoms with Crippen molar-refractivity contribution in [2.75, 3.05) is 18.8 Å². The van der Waals surface area contributed by atoms with Crippen molar-refractivity contribution in [2.45, 2.75) is 50.5 Å². The molecule has 4 nitrogen and oxygen atoms in total. The van der Waals surface area contributed by atoms with Gasteiger partial charge in [0.25, 0.3) is 0 Å². The number of fused-ring (bicyclic) bond motifs is 3. The van der Waals surface area contributed by atoms with Crippen LogP contribution >= 0.6 is 23.1 Å². The fourth-order valence-corrected chi connectivity index (χ4v) is 5.89. The molecule has 6 heteroatoms. The number of hydrogen-bond acceptors (Lipinski definition) is 5. The molecule has 0 unspecified atom stereocenters. The summed E-state index contributed by atoms with van der Waals surface area (Å²) < 4.78 is 0. The van der Waals surface area contributed by atoms with Crippen LogP contribution in [0.15, 0.2) is 5.03 Å². The van der Waals surface area contributed by atoms with Crippen LogP contribution in [-0.2, 0) is 17.6 Å². The second-order valence-corrected chi connectivity index (χ2v) is 8.39. The van der Waals surface area contributed by atoms with Crippen LogP contribution in [0.25, 0.3) is 10.2 Å². The number of thiophene rings is 1. The zero-order valence-corrected chi connectivity index (χ0v) is 15.1. The van der Waals surface area contributed by atoms with Gasteiger partial charge in [-0.1, -0.05) is 11.8 Å². The molecule has 122 valence electrons. The molecule has 2 aromatic heterocycles. The van der Waals surface area contributed by atoms with Crippen molar-refractivity contribution in [1.29, 1.82) is 0 Å². The van der Waals surface area contributed by atoms with E-state index in [2.05, 4.69) is 9.97 Å². The van der Waals surface area contributed by atoms with Crippen molar-refractivity contribution in [3.05, 3.63) is 16.3 Å². The molecule has 0 radical (unpaired) electrons. The van der Waals surface area contributed by atoms with Gasteiger partial charge in [0, 0.05) is 23.4 Å². The standard InChI is InChI=1S/C17H21N3OS2/c1-11-18-16(22-10-14(21)20-8-4-5-9-20)15-12-6-2-3-7-13(12)23-17(15)19-11/h2-10H2,1H3. The van der Waals surface area contributed by atoms with Gasteiger partial charge < -0.3 is 4.90 Å². The van der Waals surface area contributed by atoms with Gasteiger partial charge in [0.15, 0.2) is 0 Å². The highest BCUT2D eigenvalue weighted by molar-refractivity contribution is 8.00. The number of amides is 1. The van der Waals surface area contributed by atoms with Crippen molar-refractivity contribution in [3.8, 4) is 0 Å². The fourth-order valence-electron chi connectivity index (χ4n) is 3.52. The Balaban J connectivity index is 1.63. The monoisotopic (exact) mass is 347 g/mol. The van der Waals surface area contributed by atoms with E-state index in [4.69, 9.17) is 0 Å².